The molecule has 0 aliphatic carbocycles. The monoisotopic (exact) mass is 276 g/mol. The van der Waals surface area contributed by atoms with E-state index >= 15 is 0 Å². The van der Waals surface area contributed by atoms with E-state index in [2.05, 4.69) is 41.0 Å². The maximum absolute atomic E-state index is 11.4. The molecule has 19 heavy (non-hydrogen) atoms. The van der Waals surface area contributed by atoms with Gasteiger partial charge in [-0.05, 0) is 24.5 Å². The van der Waals surface area contributed by atoms with E-state index in [1.54, 1.807) is 0 Å². The molecule has 0 unspecified atom stereocenters. The average molecular weight is 276 g/mol. The second-order valence-electron chi connectivity index (χ2n) is 4.11. The van der Waals surface area contributed by atoms with Gasteiger partial charge in [0.2, 0.25) is 0 Å². The SMILES string of the molecule is CCc1cccc(C)c1Nc1ncc(C(=O)OC)s1. The third kappa shape index (κ3) is 2.93. The smallest absolute Gasteiger partial charge is 0.349 e. The number of rotatable bonds is 4. The molecular formula is C14H16N2O2S. The van der Waals surface area contributed by atoms with Crippen LogP contribution >= 0.6 is 11.3 Å². The topological polar surface area (TPSA) is 51.2 Å². The van der Waals surface area contributed by atoms with Gasteiger partial charge in [0.15, 0.2) is 5.13 Å². The molecule has 0 radical (unpaired) electrons. The summed E-state index contributed by atoms with van der Waals surface area (Å²) in [6, 6.07) is 6.18. The molecule has 0 amide bonds. The van der Waals surface area contributed by atoms with Crippen molar-refractivity contribution in [2.24, 2.45) is 0 Å². The molecule has 0 bridgehead atoms. The minimum Gasteiger partial charge on any atom is -0.465 e. The highest BCUT2D eigenvalue weighted by Crippen LogP contribution is 2.28. The summed E-state index contributed by atoms with van der Waals surface area (Å²) in [5, 5.41) is 3.99. The zero-order valence-corrected chi connectivity index (χ0v) is 12.0. The van der Waals surface area contributed by atoms with Crippen LogP contribution in [-0.4, -0.2) is 18.1 Å². The third-order valence-electron chi connectivity index (χ3n) is 2.86. The minimum absolute atomic E-state index is 0.356. The summed E-state index contributed by atoms with van der Waals surface area (Å²) in [5.74, 6) is -0.356. The number of carbonyl (C=O) groups excluding carboxylic acids is 1. The first-order chi connectivity index (χ1) is 9.15. The molecule has 0 saturated heterocycles. The Bertz CT molecular complexity index is 593. The van der Waals surface area contributed by atoms with E-state index in [-0.39, 0.29) is 5.97 Å². The molecular weight excluding hydrogens is 260 g/mol. The maximum Gasteiger partial charge on any atom is 0.349 e. The number of aryl methyl sites for hydroxylation is 2. The number of anilines is 2. The second-order valence-corrected chi connectivity index (χ2v) is 5.14. The van der Waals surface area contributed by atoms with Gasteiger partial charge in [-0.2, -0.15) is 0 Å². The first-order valence-corrected chi connectivity index (χ1v) is 6.87. The summed E-state index contributed by atoms with van der Waals surface area (Å²) in [5.41, 5.74) is 3.46. The second kappa shape index (κ2) is 5.84. The van der Waals surface area contributed by atoms with Crippen molar-refractivity contribution >= 4 is 28.1 Å². The molecule has 1 aromatic carbocycles. The molecule has 0 atom stereocenters. The van der Waals surface area contributed by atoms with Gasteiger partial charge in [0.25, 0.3) is 0 Å². The summed E-state index contributed by atoms with van der Waals surface area (Å²) in [6.45, 7) is 4.16. The van der Waals surface area contributed by atoms with Crippen LogP contribution in [0.2, 0.25) is 0 Å². The van der Waals surface area contributed by atoms with E-state index in [0.29, 0.717) is 10.0 Å². The highest BCUT2D eigenvalue weighted by molar-refractivity contribution is 7.17. The van der Waals surface area contributed by atoms with Gasteiger partial charge in [-0.15, -0.1) is 0 Å². The van der Waals surface area contributed by atoms with E-state index in [1.807, 2.05) is 6.07 Å². The van der Waals surface area contributed by atoms with E-state index < -0.39 is 0 Å². The van der Waals surface area contributed by atoms with Crippen LogP contribution in [0.15, 0.2) is 24.4 Å². The van der Waals surface area contributed by atoms with E-state index in [1.165, 1.54) is 30.2 Å². The van der Waals surface area contributed by atoms with Gasteiger partial charge in [-0.1, -0.05) is 36.5 Å². The molecule has 2 rings (SSSR count). The fourth-order valence-electron chi connectivity index (χ4n) is 1.84. The highest BCUT2D eigenvalue weighted by atomic mass is 32.1. The first-order valence-electron chi connectivity index (χ1n) is 6.05. The number of thiazole rings is 1. The van der Waals surface area contributed by atoms with Crippen LogP contribution in [-0.2, 0) is 11.2 Å². The lowest BCUT2D eigenvalue weighted by Gasteiger charge is -2.11. The Balaban J connectivity index is 2.26. The van der Waals surface area contributed by atoms with Gasteiger partial charge in [-0.25, -0.2) is 9.78 Å². The fourth-order valence-corrected chi connectivity index (χ4v) is 2.57. The zero-order valence-electron chi connectivity index (χ0n) is 11.2. The van der Waals surface area contributed by atoms with Crippen LogP contribution in [0.5, 0.6) is 0 Å². The van der Waals surface area contributed by atoms with Crippen molar-refractivity contribution in [3.63, 3.8) is 0 Å². The third-order valence-corrected chi connectivity index (χ3v) is 3.76. The molecule has 0 aliphatic rings. The standard InChI is InChI=1S/C14H16N2O2S/c1-4-10-7-5-6-9(2)12(10)16-14-15-8-11(19-14)13(17)18-3/h5-8H,4H2,1-3H3,(H,15,16). The summed E-state index contributed by atoms with van der Waals surface area (Å²) in [6.07, 6.45) is 2.47. The summed E-state index contributed by atoms with van der Waals surface area (Å²) >= 11 is 1.29. The number of para-hydroxylation sites is 1. The number of ether oxygens (including phenoxy) is 1. The lowest BCUT2D eigenvalue weighted by atomic mass is 10.1. The van der Waals surface area contributed by atoms with Crippen molar-refractivity contribution in [1.82, 2.24) is 4.98 Å². The first kappa shape index (κ1) is 13.5. The molecule has 0 fully saturated rings. The summed E-state index contributed by atoms with van der Waals surface area (Å²) < 4.78 is 4.67. The number of aromatic nitrogens is 1. The molecule has 0 saturated carbocycles. The van der Waals surface area contributed by atoms with Crippen LogP contribution < -0.4 is 5.32 Å². The number of benzene rings is 1. The molecule has 0 spiro atoms. The number of nitrogens with zero attached hydrogens (tertiary/aromatic N) is 1. The van der Waals surface area contributed by atoms with Crippen LogP contribution in [0.1, 0.15) is 27.7 Å². The van der Waals surface area contributed by atoms with Gasteiger partial charge in [-0.3, -0.25) is 0 Å². The number of hydrogen-bond acceptors (Lipinski definition) is 5. The van der Waals surface area contributed by atoms with Gasteiger partial charge in [0.1, 0.15) is 4.88 Å². The Morgan fingerprint density at radius 3 is 2.95 bits per heavy atom. The number of esters is 1. The van der Waals surface area contributed by atoms with Crippen molar-refractivity contribution < 1.29 is 9.53 Å². The Kier molecular flexibility index (Phi) is 4.16. The van der Waals surface area contributed by atoms with E-state index in [4.69, 9.17) is 0 Å². The molecule has 0 aliphatic heterocycles. The highest BCUT2D eigenvalue weighted by Gasteiger charge is 2.12. The Labute approximate surface area is 116 Å². The molecule has 1 aromatic heterocycles. The molecule has 5 heteroatoms. The average Bonchev–Trinajstić information content (AvgIpc) is 2.88. The fraction of sp³-hybridized carbons (Fsp3) is 0.286. The lowest BCUT2D eigenvalue weighted by Crippen LogP contribution is -1.97. The Morgan fingerprint density at radius 1 is 1.47 bits per heavy atom. The van der Waals surface area contributed by atoms with Gasteiger partial charge in [0, 0.05) is 5.69 Å². The maximum atomic E-state index is 11.4. The van der Waals surface area contributed by atoms with Crippen molar-refractivity contribution in [2.75, 3.05) is 12.4 Å². The van der Waals surface area contributed by atoms with Crippen LogP contribution in [0.25, 0.3) is 0 Å². The van der Waals surface area contributed by atoms with Gasteiger partial charge < -0.3 is 10.1 Å². The largest absolute Gasteiger partial charge is 0.465 e. The van der Waals surface area contributed by atoms with E-state index in [9.17, 15) is 4.79 Å². The van der Waals surface area contributed by atoms with Crippen molar-refractivity contribution in [3.05, 3.63) is 40.4 Å². The lowest BCUT2D eigenvalue weighted by molar-refractivity contribution is 0.0606. The predicted molar refractivity (Wildman–Crippen MR) is 77.3 cm³/mol. The summed E-state index contributed by atoms with van der Waals surface area (Å²) in [4.78, 5) is 16.1. The zero-order chi connectivity index (χ0) is 13.8. The number of methoxy groups -OCH3 is 1. The Morgan fingerprint density at radius 2 is 2.26 bits per heavy atom. The Hall–Kier alpha value is -1.88. The van der Waals surface area contributed by atoms with Gasteiger partial charge >= 0.3 is 5.97 Å². The quantitative estimate of drug-likeness (QED) is 0.868. The van der Waals surface area contributed by atoms with Crippen LogP contribution in [0.3, 0.4) is 0 Å². The molecule has 1 heterocycles. The van der Waals surface area contributed by atoms with Crippen LogP contribution in [0, 0.1) is 6.92 Å². The molecule has 2 aromatic rings. The number of hydrogen-bond donors (Lipinski definition) is 1. The van der Waals surface area contributed by atoms with Crippen molar-refractivity contribution in [2.45, 2.75) is 20.3 Å². The minimum atomic E-state index is -0.356. The molecule has 4 nitrogen and oxygen atoms in total. The van der Waals surface area contributed by atoms with Crippen LogP contribution in [0.4, 0.5) is 10.8 Å². The van der Waals surface area contributed by atoms with E-state index in [0.717, 1.165) is 17.7 Å². The van der Waals surface area contributed by atoms with Gasteiger partial charge in [0.05, 0.1) is 13.3 Å². The normalized spacial score (nSPS) is 10.3. The predicted octanol–water partition coefficient (Wildman–Crippen LogP) is 3.54. The number of nitrogens with one attached hydrogen (secondary N) is 1. The summed E-state index contributed by atoms with van der Waals surface area (Å²) in [7, 11) is 1.37. The number of carbonyl (C=O) groups is 1. The molecule has 1 N–H and O–H groups in total. The molecule has 100 valence electrons. The van der Waals surface area contributed by atoms with Crippen molar-refractivity contribution in [1.29, 1.82) is 0 Å². The van der Waals surface area contributed by atoms with Crippen molar-refractivity contribution in [3.8, 4) is 0 Å².